The van der Waals surface area contributed by atoms with Crippen LogP contribution >= 0.6 is 0 Å². The summed E-state index contributed by atoms with van der Waals surface area (Å²) in [5.41, 5.74) is 6.01. The maximum Gasteiger partial charge on any atom is 0.224 e. The average molecular weight is 240 g/mol. The van der Waals surface area contributed by atoms with Crippen molar-refractivity contribution < 1.29 is 9.90 Å². The number of rotatable bonds is 3. The first kappa shape index (κ1) is 12.8. The van der Waals surface area contributed by atoms with E-state index in [2.05, 4.69) is 5.32 Å². The van der Waals surface area contributed by atoms with Crippen LogP contribution in [0, 0.1) is 11.8 Å². The van der Waals surface area contributed by atoms with Crippen LogP contribution in [0.15, 0.2) is 0 Å². The summed E-state index contributed by atoms with van der Waals surface area (Å²) in [5, 5.41) is 12.3. The molecular formula is C13H24N2O2. The first-order valence-corrected chi connectivity index (χ1v) is 6.89. The highest BCUT2D eigenvalue weighted by atomic mass is 16.3. The Hall–Kier alpha value is -0.610. The molecule has 0 aliphatic heterocycles. The predicted molar refractivity (Wildman–Crippen MR) is 66.3 cm³/mol. The van der Waals surface area contributed by atoms with E-state index in [1.807, 2.05) is 0 Å². The number of aliphatic hydroxyl groups excluding tert-OH is 1. The van der Waals surface area contributed by atoms with Gasteiger partial charge in [0.25, 0.3) is 0 Å². The Morgan fingerprint density at radius 1 is 1.18 bits per heavy atom. The highest BCUT2D eigenvalue weighted by molar-refractivity contribution is 5.79. The van der Waals surface area contributed by atoms with Gasteiger partial charge < -0.3 is 16.2 Å². The molecule has 0 aromatic carbocycles. The summed E-state index contributed by atoms with van der Waals surface area (Å²) in [5.74, 6) is 0.352. The molecule has 2 aliphatic rings. The summed E-state index contributed by atoms with van der Waals surface area (Å²) in [7, 11) is 0. The minimum atomic E-state index is -0.0105. The number of carbonyl (C=O) groups is 1. The minimum absolute atomic E-state index is 0.0105. The molecule has 0 bridgehead atoms. The third-order valence-corrected chi connectivity index (χ3v) is 4.38. The molecule has 0 aromatic heterocycles. The molecule has 17 heavy (non-hydrogen) atoms. The molecule has 0 spiro atoms. The summed E-state index contributed by atoms with van der Waals surface area (Å²) in [6, 6.07) is 0.194. The fourth-order valence-electron chi connectivity index (χ4n) is 3.22. The number of amides is 1. The van der Waals surface area contributed by atoms with Crippen LogP contribution in [-0.2, 0) is 4.79 Å². The molecule has 0 aromatic rings. The highest BCUT2D eigenvalue weighted by Gasteiger charge is 2.33. The largest absolute Gasteiger partial charge is 0.396 e. The van der Waals surface area contributed by atoms with E-state index in [0.717, 1.165) is 44.9 Å². The molecule has 2 fully saturated rings. The Bertz CT molecular complexity index is 270. The Morgan fingerprint density at radius 2 is 1.94 bits per heavy atom. The van der Waals surface area contributed by atoms with E-state index >= 15 is 0 Å². The summed E-state index contributed by atoms with van der Waals surface area (Å²) >= 11 is 0. The van der Waals surface area contributed by atoms with Crippen molar-refractivity contribution in [3.63, 3.8) is 0 Å². The van der Waals surface area contributed by atoms with Crippen molar-refractivity contribution in [2.24, 2.45) is 17.6 Å². The van der Waals surface area contributed by atoms with E-state index in [1.165, 1.54) is 0 Å². The lowest BCUT2D eigenvalue weighted by Crippen LogP contribution is -2.48. The fourth-order valence-corrected chi connectivity index (χ4v) is 3.22. The van der Waals surface area contributed by atoms with Crippen LogP contribution in [0.25, 0.3) is 0 Å². The van der Waals surface area contributed by atoms with Gasteiger partial charge >= 0.3 is 0 Å². The molecule has 1 amide bonds. The number of nitrogens with two attached hydrogens (primary N) is 1. The summed E-state index contributed by atoms with van der Waals surface area (Å²) in [6.07, 6.45) is 7.27. The molecule has 2 saturated carbocycles. The Labute approximate surface area is 103 Å². The van der Waals surface area contributed by atoms with Gasteiger partial charge in [0.1, 0.15) is 0 Å². The maximum atomic E-state index is 12.2. The summed E-state index contributed by atoms with van der Waals surface area (Å²) in [4.78, 5) is 12.2. The van der Waals surface area contributed by atoms with Crippen molar-refractivity contribution in [3.05, 3.63) is 0 Å². The fraction of sp³-hybridized carbons (Fsp3) is 0.923. The zero-order chi connectivity index (χ0) is 12.3. The second-order valence-electron chi connectivity index (χ2n) is 5.54. The standard InChI is InChI=1S/C13H24N2O2/c14-11-6-2-1-5-10(11)13(17)15-12-7-3-4-9(12)8-16/h9-12,16H,1-8,14H2,(H,15,17). The van der Waals surface area contributed by atoms with Gasteiger partial charge in [-0.3, -0.25) is 4.79 Å². The van der Waals surface area contributed by atoms with Crippen LogP contribution in [0.1, 0.15) is 44.9 Å². The second-order valence-corrected chi connectivity index (χ2v) is 5.54. The monoisotopic (exact) mass is 240 g/mol. The van der Waals surface area contributed by atoms with Gasteiger partial charge in [0.05, 0.1) is 5.92 Å². The van der Waals surface area contributed by atoms with Gasteiger partial charge in [0, 0.05) is 24.6 Å². The van der Waals surface area contributed by atoms with Gasteiger partial charge in [-0.2, -0.15) is 0 Å². The quantitative estimate of drug-likeness (QED) is 0.682. The molecule has 98 valence electrons. The molecule has 0 heterocycles. The maximum absolute atomic E-state index is 12.2. The summed E-state index contributed by atoms with van der Waals surface area (Å²) < 4.78 is 0. The summed E-state index contributed by atoms with van der Waals surface area (Å²) in [6.45, 7) is 0.182. The topological polar surface area (TPSA) is 75.4 Å². The van der Waals surface area contributed by atoms with Gasteiger partial charge in [-0.1, -0.05) is 19.3 Å². The van der Waals surface area contributed by atoms with Crippen molar-refractivity contribution in [1.82, 2.24) is 5.32 Å². The number of hydrogen-bond donors (Lipinski definition) is 3. The van der Waals surface area contributed by atoms with Crippen molar-refractivity contribution in [2.45, 2.75) is 57.0 Å². The van der Waals surface area contributed by atoms with E-state index in [0.29, 0.717) is 0 Å². The lowest BCUT2D eigenvalue weighted by atomic mass is 9.84. The van der Waals surface area contributed by atoms with Crippen LogP contribution < -0.4 is 11.1 Å². The third-order valence-electron chi connectivity index (χ3n) is 4.38. The van der Waals surface area contributed by atoms with E-state index in [9.17, 15) is 9.90 Å². The normalized spacial score (nSPS) is 38.0. The van der Waals surface area contributed by atoms with Crippen LogP contribution in [0.3, 0.4) is 0 Å². The smallest absolute Gasteiger partial charge is 0.224 e. The van der Waals surface area contributed by atoms with Gasteiger partial charge in [0.15, 0.2) is 0 Å². The van der Waals surface area contributed by atoms with Gasteiger partial charge in [-0.25, -0.2) is 0 Å². The van der Waals surface area contributed by atoms with Crippen molar-refractivity contribution in [1.29, 1.82) is 0 Å². The SMILES string of the molecule is NC1CCCCC1C(=O)NC1CCCC1CO. The van der Waals surface area contributed by atoms with Crippen molar-refractivity contribution in [2.75, 3.05) is 6.61 Å². The molecule has 4 N–H and O–H groups in total. The predicted octanol–water partition coefficient (Wildman–Crippen LogP) is 0.781. The Balaban J connectivity index is 1.87. The molecule has 4 atom stereocenters. The molecule has 0 radical (unpaired) electrons. The molecule has 2 rings (SSSR count). The zero-order valence-corrected chi connectivity index (χ0v) is 10.4. The molecule has 2 aliphatic carbocycles. The van der Waals surface area contributed by atoms with Crippen LogP contribution in [-0.4, -0.2) is 29.7 Å². The minimum Gasteiger partial charge on any atom is -0.396 e. The lowest BCUT2D eigenvalue weighted by molar-refractivity contribution is -0.127. The highest BCUT2D eigenvalue weighted by Crippen LogP contribution is 2.27. The van der Waals surface area contributed by atoms with Gasteiger partial charge in [-0.15, -0.1) is 0 Å². The average Bonchev–Trinajstić information content (AvgIpc) is 2.76. The molecule has 0 saturated heterocycles. The van der Waals surface area contributed by atoms with E-state index in [-0.39, 0.29) is 36.4 Å². The number of carbonyl (C=O) groups excluding carboxylic acids is 1. The van der Waals surface area contributed by atoms with Crippen LogP contribution in [0.5, 0.6) is 0 Å². The molecule has 4 unspecified atom stereocenters. The van der Waals surface area contributed by atoms with Gasteiger partial charge in [-0.05, 0) is 25.7 Å². The number of aliphatic hydroxyl groups is 1. The molecule has 4 nitrogen and oxygen atoms in total. The van der Waals surface area contributed by atoms with Crippen molar-refractivity contribution in [3.8, 4) is 0 Å². The second kappa shape index (κ2) is 5.83. The van der Waals surface area contributed by atoms with E-state index in [4.69, 9.17) is 5.73 Å². The van der Waals surface area contributed by atoms with Crippen molar-refractivity contribution >= 4 is 5.91 Å². The number of nitrogens with one attached hydrogen (secondary N) is 1. The van der Waals surface area contributed by atoms with Crippen LogP contribution in [0.4, 0.5) is 0 Å². The zero-order valence-electron chi connectivity index (χ0n) is 10.4. The lowest BCUT2D eigenvalue weighted by Gasteiger charge is -2.29. The Kier molecular flexibility index (Phi) is 4.40. The van der Waals surface area contributed by atoms with E-state index < -0.39 is 0 Å². The molecular weight excluding hydrogens is 216 g/mol. The molecule has 4 heteroatoms. The number of hydrogen-bond acceptors (Lipinski definition) is 3. The first-order chi connectivity index (χ1) is 8.22. The van der Waals surface area contributed by atoms with Gasteiger partial charge in [0.2, 0.25) is 5.91 Å². The first-order valence-electron chi connectivity index (χ1n) is 6.89. The Morgan fingerprint density at radius 3 is 2.65 bits per heavy atom. The third kappa shape index (κ3) is 2.99. The van der Waals surface area contributed by atoms with E-state index in [1.54, 1.807) is 0 Å². The van der Waals surface area contributed by atoms with Crippen LogP contribution in [0.2, 0.25) is 0 Å².